The lowest BCUT2D eigenvalue weighted by Crippen LogP contribution is -2.50. The number of benzene rings is 1. The molecular formula is C19H30N4O2. The number of amides is 2. The number of rotatable bonds is 6. The fraction of sp³-hybridized carbons (Fsp3) is 0.579. The van der Waals surface area contributed by atoms with Crippen molar-refractivity contribution in [2.75, 3.05) is 38.0 Å². The molecule has 1 heterocycles. The highest BCUT2D eigenvalue weighted by Gasteiger charge is 2.24. The Morgan fingerprint density at radius 2 is 1.80 bits per heavy atom. The zero-order chi connectivity index (χ0) is 18.6. The van der Waals surface area contributed by atoms with E-state index in [0.29, 0.717) is 38.1 Å². The fourth-order valence-corrected chi connectivity index (χ4v) is 2.94. The molecule has 0 saturated carbocycles. The normalized spacial score (nSPS) is 16.8. The number of anilines is 1. The molecule has 1 atom stereocenters. The van der Waals surface area contributed by atoms with Gasteiger partial charge >= 0.3 is 0 Å². The minimum atomic E-state index is -0.325. The molecule has 0 spiro atoms. The largest absolute Gasteiger partial charge is 0.382 e. The van der Waals surface area contributed by atoms with E-state index in [9.17, 15) is 9.59 Å². The molecule has 0 aromatic heterocycles. The van der Waals surface area contributed by atoms with Crippen molar-refractivity contribution in [1.29, 1.82) is 0 Å². The second-order valence-corrected chi connectivity index (χ2v) is 7.19. The van der Waals surface area contributed by atoms with Crippen molar-refractivity contribution in [3.05, 3.63) is 29.3 Å². The number of carbonyl (C=O) groups is 2. The maximum absolute atomic E-state index is 12.9. The molecule has 2 amide bonds. The van der Waals surface area contributed by atoms with Crippen molar-refractivity contribution in [1.82, 2.24) is 9.80 Å². The van der Waals surface area contributed by atoms with Crippen LogP contribution in [0.25, 0.3) is 0 Å². The number of hydrogen-bond acceptors (Lipinski definition) is 4. The maximum atomic E-state index is 12.9. The lowest BCUT2D eigenvalue weighted by Gasteiger charge is -2.34. The molecule has 0 aliphatic carbocycles. The van der Waals surface area contributed by atoms with Crippen molar-refractivity contribution in [2.24, 2.45) is 11.7 Å². The third-order valence-corrected chi connectivity index (χ3v) is 4.99. The fourth-order valence-electron chi connectivity index (χ4n) is 2.94. The molecule has 1 saturated heterocycles. The maximum Gasteiger partial charge on any atom is 0.254 e. The molecule has 0 bridgehead atoms. The highest BCUT2D eigenvalue weighted by atomic mass is 16.2. The predicted octanol–water partition coefficient (Wildman–Crippen LogP) is 1.69. The van der Waals surface area contributed by atoms with Crippen LogP contribution in [0.15, 0.2) is 18.2 Å². The molecule has 1 fully saturated rings. The molecule has 3 N–H and O–H groups in total. The lowest BCUT2D eigenvalue weighted by atomic mass is 10.0. The summed E-state index contributed by atoms with van der Waals surface area (Å²) in [6.07, 6.45) is 0. The summed E-state index contributed by atoms with van der Waals surface area (Å²) in [4.78, 5) is 27.8. The number of nitrogens with two attached hydrogens (primary N) is 1. The molecule has 2 rings (SSSR count). The first kappa shape index (κ1) is 19.2. The number of nitrogens with zero attached hydrogens (tertiary/aromatic N) is 2. The number of primary amides is 1. The Morgan fingerprint density at radius 3 is 2.36 bits per heavy atom. The van der Waals surface area contributed by atoms with Crippen LogP contribution in [0.5, 0.6) is 0 Å². The van der Waals surface area contributed by atoms with Gasteiger partial charge in [-0.05, 0) is 37.5 Å². The van der Waals surface area contributed by atoms with Gasteiger partial charge in [0.05, 0.1) is 6.54 Å². The van der Waals surface area contributed by atoms with Gasteiger partial charge in [0.2, 0.25) is 5.91 Å². The lowest BCUT2D eigenvalue weighted by molar-refractivity contribution is -0.119. The summed E-state index contributed by atoms with van der Waals surface area (Å²) in [5, 5.41) is 3.51. The van der Waals surface area contributed by atoms with Crippen LogP contribution in [0.1, 0.15) is 36.7 Å². The number of piperazine rings is 1. The highest BCUT2D eigenvalue weighted by Crippen LogP contribution is 2.23. The minimum Gasteiger partial charge on any atom is -0.382 e. The van der Waals surface area contributed by atoms with E-state index in [-0.39, 0.29) is 18.4 Å². The van der Waals surface area contributed by atoms with E-state index < -0.39 is 0 Å². The van der Waals surface area contributed by atoms with Gasteiger partial charge in [0, 0.05) is 43.5 Å². The number of carbonyl (C=O) groups excluding carboxylic acids is 2. The first-order valence-corrected chi connectivity index (χ1v) is 8.95. The van der Waals surface area contributed by atoms with E-state index in [1.807, 2.05) is 34.9 Å². The van der Waals surface area contributed by atoms with Crippen LogP contribution in [-0.4, -0.2) is 60.4 Å². The SMILES string of the molecule is Cc1c(N[C@@H](C)C(C)C)cccc1C(=O)N1CCN(CC(N)=O)CC1. The third kappa shape index (κ3) is 4.95. The van der Waals surface area contributed by atoms with Crippen LogP contribution >= 0.6 is 0 Å². The van der Waals surface area contributed by atoms with Crippen molar-refractivity contribution in [3.8, 4) is 0 Å². The van der Waals surface area contributed by atoms with Gasteiger partial charge in [-0.15, -0.1) is 0 Å². The summed E-state index contributed by atoms with van der Waals surface area (Å²) in [5.74, 6) is 0.239. The van der Waals surface area contributed by atoms with Crippen LogP contribution in [0.3, 0.4) is 0 Å². The van der Waals surface area contributed by atoms with E-state index in [4.69, 9.17) is 5.73 Å². The van der Waals surface area contributed by atoms with Crippen molar-refractivity contribution >= 4 is 17.5 Å². The van der Waals surface area contributed by atoms with Crippen molar-refractivity contribution < 1.29 is 9.59 Å². The molecule has 25 heavy (non-hydrogen) atoms. The Hall–Kier alpha value is -2.08. The van der Waals surface area contributed by atoms with E-state index >= 15 is 0 Å². The Balaban J connectivity index is 2.06. The van der Waals surface area contributed by atoms with Crippen LogP contribution in [0.4, 0.5) is 5.69 Å². The van der Waals surface area contributed by atoms with E-state index in [0.717, 1.165) is 16.8 Å². The Kier molecular flexibility index (Phi) is 6.42. The molecule has 138 valence electrons. The highest BCUT2D eigenvalue weighted by molar-refractivity contribution is 5.97. The molecule has 1 aromatic carbocycles. The minimum absolute atomic E-state index is 0.0528. The van der Waals surface area contributed by atoms with Gasteiger partial charge in [-0.1, -0.05) is 19.9 Å². The summed E-state index contributed by atoms with van der Waals surface area (Å²) in [5.41, 5.74) is 7.98. The van der Waals surface area contributed by atoms with Gasteiger partial charge in [0.15, 0.2) is 0 Å². The summed E-state index contributed by atoms with van der Waals surface area (Å²) in [6.45, 7) is 11.3. The molecule has 1 aliphatic heterocycles. The number of nitrogens with one attached hydrogen (secondary N) is 1. The van der Waals surface area contributed by atoms with E-state index in [2.05, 4.69) is 26.1 Å². The van der Waals surface area contributed by atoms with Crippen molar-refractivity contribution in [3.63, 3.8) is 0 Å². The van der Waals surface area contributed by atoms with Gasteiger partial charge in [0.25, 0.3) is 5.91 Å². The van der Waals surface area contributed by atoms with Crippen molar-refractivity contribution in [2.45, 2.75) is 33.7 Å². The predicted molar refractivity (Wildman–Crippen MR) is 101 cm³/mol. The summed E-state index contributed by atoms with van der Waals surface area (Å²) >= 11 is 0. The average molecular weight is 346 g/mol. The standard InChI is InChI=1S/C19H30N4O2/c1-13(2)15(4)21-17-7-5-6-16(14(17)3)19(25)23-10-8-22(9-11-23)12-18(20)24/h5-7,13,15,21H,8-12H2,1-4H3,(H2,20,24)/t15-/m0/s1. The van der Waals surface area contributed by atoms with Crippen LogP contribution in [0.2, 0.25) is 0 Å². The van der Waals surface area contributed by atoms with Gasteiger partial charge in [-0.3, -0.25) is 14.5 Å². The van der Waals surface area contributed by atoms with Crippen LogP contribution < -0.4 is 11.1 Å². The van der Waals surface area contributed by atoms with Gasteiger partial charge in [-0.2, -0.15) is 0 Å². The van der Waals surface area contributed by atoms with E-state index in [1.165, 1.54) is 0 Å². The molecule has 1 aliphatic rings. The Morgan fingerprint density at radius 1 is 1.16 bits per heavy atom. The Labute approximate surface area is 150 Å². The molecule has 6 nitrogen and oxygen atoms in total. The quantitative estimate of drug-likeness (QED) is 0.822. The summed E-state index contributed by atoms with van der Waals surface area (Å²) in [7, 11) is 0. The molecule has 6 heteroatoms. The van der Waals surface area contributed by atoms with E-state index in [1.54, 1.807) is 0 Å². The molecule has 0 radical (unpaired) electrons. The molecule has 1 aromatic rings. The zero-order valence-electron chi connectivity index (χ0n) is 15.7. The summed E-state index contributed by atoms with van der Waals surface area (Å²) in [6, 6.07) is 6.18. The molecule has 0 unspecified atom stereocenters. The Bertz CT molecular complexity index is 622. The smallest absolute Gasteiger partial charge is 0.254 e. The van der Waals surface area contributed by atoms with Gasteiger partial charge in [0.1, 0.15) is 0 Å². The van der Waals surface area contributed by atoms with Crippen LogP contribution in [0, 0.1) is 12.8 Å². The van der Waals surface area contributed by atoms with Crippen LogP contribution in [-0.2, 0) is 4.79 Å². The molecular weight excluding hydrogens is 316 g/mol. The van der Waals surface area contributed by atoms with Gasteiger partial charge in [-0.25, -0.2) is 0 Å². The topological polar surface area (TPSA) is 78.7 Å². The first-order valence-electron chi connectivity index (χ1n) is 8.95. The second-order valence-electron chi connectivity index (χ2n) is 7.19. The monoisotopic (exact) mass is 346 g/mol. The third-order valence-electron chi connectivity index (χ3n) is 4.99. The van der Waals surface area contributed by atoms with Gasteiger partial charge < -0.3 is 16.0 Å². The zero-order valence-corrected chi connectivity index (χ0v) is 15.7. The second kappa shape index (κ2) is 8.34. The average Bonchev–Trinajstić information content (AvgIpc) is 2.56. The summed E-state index contributed by atoms with van der Waals surface area (Å²) < 4.78 is 0. The number of hydrogen-bond donors (Lipinski definition) is 2. The first-order chi connectivity index (χ1) is 11.8.